The molecule has 0 fully saturated rings. The van der Waals surface area contributed by atoms with Crippen LogP contribution in [-0.4, -0.2) is 45.9 Å². The van der Waals surface area contributed by atoms with E-state index in [1.165, 1.54) is 0 Å². The van der Waals surface area contributed by atoms with Crippen LogP contribution in [0.1, 0.15) is 11.1 Å². The molecule has 0 bridgehead atoms. The second kappa shape index (κ2) is 9.23. The molecular formula is C22H26N2O5. The first-order chi connectivity index (χ1) is 14.1. The van der Waals surface area contributed by atoms with Crippen LogP contribution >= 0.6 is 0 Å². The Labute approximate surface area is 169 Å². The van der Waals surface area contributed by atoms with Gasteiger partial charge in [-0.1, -0.05) is 12.1 Å². The summed E-state index contributed by atoms with van der Waals surface area (Å²) in [5.41, 5.74) is 2.86. The highest BCUT2D eigenvalue weighted by Gasteiger charge is 2.19. The Bertz CT molecular complexity index is 979. The van der Waals surface area contributed by atoms with E-state index in [0.29, 0.717) is 36.6 Å². The molecule has 2 aromatic carbocycles. The van der Waals surface area contributed by atoms with E-state index < -0.39 is 0 Å². The smallest absolute Gasteiger partial charge is 0.224 e. The number of H-pyrrole nitrogens is 1. The Morgan fingerprint density at radius 1 is 0.966 bits per heavy atom. The van der Waals surface area contributed by atoms with Gasteiger partial charge in [-0.05, 0) is 29.7 Å². The molecule has 7 nitrogen and oxygen atoms in total. The van der Waals surface area contributed by atoms with E-state index in [4.69, 9.17) is 18.9 Å². The Kier molecular flexibility index (Phi) is 6.49. The van der Waals surface area contributed by atoms with Gasteiger partial charge in [-0.15, -0.1) is 0 Å². The number of fused-ring (bicyclic) bond motifs is 1. The molecule has 0 saturated carbocycles. The highest BCUT2D eigenvalue weighted by atomic mass is 16.5. The van der Waals surface area contributed by atoms with Crippen molar-refractivity contribution in [3.8, 4) is 23.0 Å². The summed E-state index contributed by atoms with van der Waals surface area (Å²) in [7, 11) is 6.39. The highest BCUT2D eigenvalue weighted by Crippen LogP contribution is 2.44. The zero-order valence-electron chi connectivity index (χ0n) is 17.1. The van der Waals surface area contributed by atoms with Crippen molar-refractivity contribution < 1.29 is 23.7 Å². The third kappa shape index (κ3) is 4.39. The molecule has 2 N–H and O–H groups in total. The predicted molar refractivity (Wildman–Crippen MR) is 111 cm³/mol. The number of methoxy groups -OCH3 is 4. The Hall–Kier alpha value is -3.35. The number of rotatable bonds is 9. The number of carbonyl (C=O) groups excluding carboxylic acids is 1. The summed E-state index contributed by atoms with van der Waals surface area (Å²) in [4.78, 5) is 15.5. The van der Waals surface area contributed by atoms with Gasteiger partial charge in [0.25, 0.3) is 0 Å². The van der Waals surface area contributed by atoms with Crippen LogP contribution in [0.4, 0.5) is 0 Å². The maximum atomic E-state index is 12.3. The summed E-state index contributed by atoms with van der Waals surface area (Å²) in [6.45, 7) is 0.513. The van der Waals surface area contributed by atoms with Crippen LogP contribution in [0.25, 0.3) is 10.9 Å². The first-order valence-electron chi connectivity index (χ1n) is 9.29. The van der Waals surface area contributed by atoms with Crippen molar-refractivity contribution in [3.05, 3.63) is 47.7 Å². The van der Waals surface area contributed by atoms with Crippen molar-refractivity contribution in [2.75, 3.05) is 35.0 Å². The minimum atomic E-state index is -0.0266. The Morgan fingerprint density at radius 3 is 2.31 bits per heavy atom. The Morgan fingerprint density at radius 2 is 1.69 bits per heavy atom. The average molecular weight is 398 g/mol. The van der Waals surface area contributed by atoms with Gasteiger partial charge in [-0.25, -0.2) is 0 Å². The van der Waals surface area contributed by atoms with Crippen molar-refractivity contribution in [2.45, 2.75) is 12.8 Å². The molecule has 154 valence electrons. The minimum absolute atomic E-state index is 0.0266. The van der Waals surface area contributed by atoms with Crippen LogP contribution in [0.15, 0.2) is 36.5 Å². The van der Waals surface area contributed by atoms with E-state index in [-0.39, 0.29) is 5.91 Å². The average Bonchev–Trinajstić information content (AvgIpc) is 3.15. The lowest BCUT2D eigenvalue weighted by molar-refractivity contribution is -0.120. The number of carbonyl (C=O) groups is 1. The van der Waals surface area contributed by atoms with Gasteiger partial charge < -0.3 is 29.2 Å². The van der Waals surface area contributed by atoms with E-state index in [1.807, 2.05) is 36.5 Å². The van der Waals surface area contributed by atoms with Crippen LogP contribution in [0.2, 0.25) is 0 Å². The predicted octanol–water partition coefficient (Wildman–Crippen LogP) is 3.10. The Balaban J connectivity index is 1.68. The maximum Gasteiger partial charge on any atom is 0.224 e. The first kappa shape index (κ1) is 20.4. The molecule has 0 spiro atoms. The lowest BCUT2D eigenvalue weighted by Gasteiger charge is -2.14. The molecule has 0 aliphatic heterocycles. The number of benzene rings is 2. The lowest BCUT2D eigenvalue weighted by Crippen LogP contribution is -2.27. The quantitative estimate of drug-likeness (QED) is 0.579. The van der Waals surface area contributed by atoms with Gasteiger partial charge in [-0.3, -0.25) is 4.79 Å². The topological polar surface area (TPSA) is 81.8 Å². The van der Waals surface area contributed by atoms with E-state index in [2.05, 4.69) is 10.3 Å². The van der Waals surface area contributed by atoms with Gasteiger partial charge in [-0.2, -0.15) is 0 Å². The van der Waals surface area contributed by atoms with Gasteiger partial charge in [0.05, 0.1) is 40.4 Å². The highest BCUT2D eigenvalue weighted by molar-refractivity contribution is 5.94. The molecule has 0 aliphatic carbocycles. The first-order valence-corrected chi connectivity index (χ1v) is 9.29. The van der Waals surface area contributed by atoms with Crippen molar-refractivity contribution in [2.24, 2.45) is 0 Å². The number of hydrogen-bond donors (Lipinski definition) is 2. The fourth-order valence-electron chi connectivity index (χ4n) is 3.35. The number of amides is 1. The summed E-state index contributed by atoms with van der Waals surface area (Å²) in [6.07, 6.45) is 2.90. The molecular weight excluding hydrogens is 372 g/mol. The molecule has 7 heteroatoms. The summed E-state index contributed by atoms with van der Waals surface area (Å²) < 4.78 is 21.6. The van der Waals surface area contributed by atoms with Crippen LogP contribution in [0.3, 0.4) is 0 Å². The number of aromatic nitrogens is 1. The van der Waals surface area contributed by atoms with Gasteiger partial charge >= 0.3 is 0 Å². The van der Waals surface area contributed by atoms with Gasteiger partial charge in [0, 0.05) is 24.2 Å². The molecule has 0 aliphatic rings. The van der Waals surface area contributed by atoms with Gasteiger partial charge in [0.15, 0.2) is 11.5 Å². The van der Waals surface area contributed by atoms with E-state index in [1.54, 1.807) is 28.4 Å². The number of hydrogen-bond acceptors (Lipinski definition) is 5. The zero-order chi connectivity index (χ0) is 20.8. The van der Waals surface area contributed by atoms with Crippen molar-refractivity contribution in [1.29, 1.82) is 0 Å². The molecule has 1 amide bonds. The second-order valence-electron chi connectivity index (χ2n) is 6.51. The maximum absolute atomic E-state index is 12.3. The fraction of sp³-hybridized carbons (Fsp3) is 0.318. The number of ether oxygens (including phenoxy) is 4. The SMILES string of the molecule is COc1ccc(CC(=O)NCCc2c[nH]c3cc(OC)c(OC)c(OC)c23)cc1. The van der Waals surface area contributed by atoms with Crippen molar-refractivity contribution in [3.63, 3.8) is 0 Å². The summed E-state index contributed by atoms with van der Waals surface area (Å²) >= 11 is 0. The summed E-state index contributed by atoms with van der Waals surface area (Å²) in [5.74, 6) is 2.50. The van der Waals surface area contributed by atoms with E-state index in [0.717, 1.165) is 27.8 Å². The third-order valence-corrected chi connectivity index (χ3v) is 4.79. The molecule has 3 aromatic rings. The van der Waals surface area contributed by atoms with E-state index in [9.17, 15) is 4.79 Å². The molecule has 0 unspecified atom stereocenters. The largest absolute Gasteiger partial charge is 0.497 e. The van der Waals surface area contributed by atoms with Crippen LogP contribution in [0.5, 0.6) is 23.0 Å². The molecule has 3 rings (SSSR count). The molecule has 1 heterocycles. The molecule has 0 atom stereocenters. The monoisotopic (exact) mass is 398 g/mol. The fourth-order valence-corrected chi connectivity index (χ4v) is 3.35. The van der Waals surface area contributed by atoms with Crippen molar-refractivity contribution in [1.82, 2.24) is 10.3 Å². The lowest BCUT2D eigenvalue weighted by atomic mass is 10.1. The standard InChI is InChI=1S/C22H26N2O5/c1-26-16-7-5-14(6-8-16)11-19(25)23-10-9-15-13-24-17-12-18(27-2)21(28-3)22(29-4)20(15)17/h5-8,12-13,24H,9-11H2,1-4H3,(H,23,25). The summed E-state index contributed by atoms with van der Waals surface area (Å²) in [6, 6.07) is 9.36. The molecule has 0 radical (unpaired) electrons. The van der Waals surface area contributed by atoms with Crippen LogP contribution in [-0.2, 0) is 17.6 Å². The minimum Gasteiger partial charge on any atom is -0.497 e. The third-order valence-electron chi connectivity index (χ3n) is 4.79. The molecule has 29 heavy (non-hydrogen) atoms. The van der Waals surface area contributed by atoms with E-state index >= 15 is 0 Å². The van der Waals surface area contributed by atoms with Gasteiger partial charge in [0.2, 0.25) is 11.7 Å². The molecule has 0 saturated heterocycles. The molecule has 1 aromatic heterocycles. The summed E-state index contributed by atoms with van der Waals surface area (Å²) in [5, 5.41) is 3.90. The van der Waals surface area contributed by atoms with Gasteiger partial charge in [0.1, 0.15) is 5.75 Å². The normalized spacial score (nSPS) is 10.6. The van der Waals surface area contributed by atoms with Crippen LogP contribution in [0, 0.1) is 0 Å². The second-order valence-corrected chi connectivity index (χ2v) is 6.51. The van der Waals surface area contributed by atoms with Crippen LogP contribution < -0.4 is 24.3 Å². The zero-order valence-corrected chi connectivity index (χ0v) is 17.1. The number of nitrogens with one attached hydrogen (secondary N) is 2. The number of aromatic amines is 1. The van der Waals surface area contributed by atoms with Crippen molar-refractivity contribution >= 4 is 16.8 Å².